The van der Waals surface area contributed by atoms with E-state index in [0.717, 1.165) is 22.4 Å². The molecular weight excluding hydrogens is 200 g/mol. The third-order valence-corrected chi connectivity index (χ3v) is 3.51. The van der Waals surface area contributed by atoms with E-state index in [9.17, 15) is 4.79 Å². The lowest BCUT2D eigenvalue weighted by atomic mass is 9.78. The maximum Gasteiger partial charge on any atom is 0.139 e. The highest BCUT2D eigenvalue weighted by atomic mass is 16.5. The Balaban J connectivity index is 3.38. The van der Waals surface area contributed by atoms with Crippen molar-refractivity contribution in [1.82, 2.24) is 0 Å². The van der Waals surface area contributed by atoms with E-state index in [0.29, 0.717) is 0 Å². The summed E-state index contributed by atoms with van der Waals surface area (Å²) in [7, 11) is 1.66. The molecule has 0 saturated heterocycles. The van der Waals surface area contributed by atoms with E-state index in [2.05, 4.69) is 0 Å². The first-order chi connectivity index (χ1) is 7.32. The summed E-state index contributed by atoms with van der Waals surface area (Å²) in [6.07, 6.45) is 0. The fourth-order valence-electron chi connectivity index (χ4n) is 1.88. The van der Waals surface area contributed by atoms with Gasteiger partial charge in [-0.05, 0) is 57.4 Å². The Morgan fingerprint density at radius 3 is 2.19 bits per heavy atom. The third kappa shape index (κ3) is 1.97. The van der Waals surface area contributed by atoms with Crippen LogP contribution in [0, 0.1) is 13.8 Å². The number of Topliss-reactive ketones (excluding diaryl/α,β-unsaturated/α-hetero) is 1. The van der Waals surface area contributed by atoms with Crippen LogP contribution in [0.4, 0.5) is 0 Å². The lowest BCUT2D eigenvalue weighted by Gasteiger charge is -2.25. The Labute approximate surface area is 97.6 Å². The SMILES string of the molecule is COc1ccc(C(C)(C)C(C)=O)c(C)c1C. The number of hydrogen-bond donors (Lipinski definition) is 0. The van der Waals surface area contributed by atoms with Crippen LogP contribution in [0.3, 0.4) is 0 Å². The van der Waals surface area contributed by atoms with Crippen LogP contribution >= 0.6 is 0 Å². The number of methoxy groups -OCH3 is 1. The quantitative estimate of drug-likeness (QED) is 0.782. The zero-order chi connectivity index (χ0) is 12.5. The van der Waals surface area contributed by atoms with E-state index < -0.39 is 5.41 Å². The van der Waals surface area contributed by atoms with Crippen molar-refractivity contribution < 1.29 is 9.53 Å². The molecule has 0 aromatic heterocycles. The van der Waals surface area contributed by atoms with Gasteiger partial charge in [0.1, 0.15) is 11.5 Å². The van der Waals surface area contributed by atoms with E-state index in [1.54, 1.807) is 14.0 Å². The molecule has 0 spiro atoms. The first-order valence-corrected chi connectivity index (χ1v) is 5.48. The molecule has 0 bridgehead atoms. The van der Waals surface area contributed by atoms with Crippen molar-refractivity contribution in [3.8, 4) is 5.75 Å². The molecule has 0 radical (unpaired) electrons. The highest BCUT2D eigenvalue weighted by Crippen LogP contribution is 2.32. The van der Waals surface area contributed by atoms with Crippen LogP contribution in [0.5, 0.6) is 5.75 Å². The summed E-state index contributed by atoms with van der Waals surface area (Å²) < 4.78 is 5.27. The standard InChI is InChI=1S/C14H20O2/c1-9-10(2)13(16-6)8-7-12(9)14(4,5)11(3)15/h7-8H,1-6H3. The minimum Gasteiger partial charge on any atom is -0.496 e. The monoisotopic (exact) mass is 220 g/mol. The second-order valence-electron chi connectivity index (χ2n) is 4.75. The average molecular weight is 220 g/mol. The molecule has 0 aliphatic heterocycles. The molecule has 0 saturated carbocycles. The molecule has 0 aliphatic rings. The first kappa shape index (κ1) is 12.8. The van der Waals surface area contributed by atoms with Crippen LogP contribution in [-0.2, 0) is 10.2 Å². The minimum atomic E-state index is -0.429. The Morgan fingerprint density at radius 1 is 1.19 bits per heavy atom. The largest absolute Gasteiger partial charge is 0.496 e. The molecule has 0 aliphatic carbocycles. The van der Waals surface area contributed by atoms with Gasteiger partial charge in [0.25, 0.3) is 0 Å². The van der Waals surface area contributed by atoms with Crippen LogP contribution < -0.4 is 4.74 Å². The summed E-state index contributed by atoms with van der Waals surface area (Å²) in [4.78, 5) is 11.7. The van der Waals surface area contributed by atoms with Crippen LogP contribution in [-0.4, -0.2) is 12.9 Å². The zero-order valence-corrected chi connectivity index (χ0v) is 11.0. The molecule has 88 valence electrons. The van der Waals surface area contributed by atoms with E-state index in [1.807, 2.05) is 39.8 Å². The molecule has 0 N–H and O–H groups in total. The molecule has 0 heterocycles. The first-order valence-electron chi connectivity index (χ1n) is 5.48. The van der Waals surface area contributed by atoms with Crippen molar-refractivity contribution in [2.24, 2.45) is 0 Å². The van der Waals surface area contributed by atoms with Crippen molar-refractivity contribution in [2.45, 2.75) is 40.0 Å². The predicted molar refractivity (Wildman–Crippen MR) is 66.2 cm³/mol. The number of carbonyl (C=O) groups is 1. The van der Waals surface area contributed by atoms with Crippen molar-refractivity contribution in [1.29, 1.82) is 0 Å². The van der Waals surface area contributed by atoms with E-state index in [4.69, 9.17) is 4.74 Å². The maximum absolute atomic E-state index is 11.7. The number of carbonyl (C=O) groups excluding carboxylic acids is 1. The van der Waals surface area contributed by atoms with E-state index >= 15 is 0 Å². The molecule has 0 atom stereocenters. The smallest absolute Gasteiger partial charge is 0.139 e. The molecule has 16 heavy (non-hydrogen) atoms. The molecule has 1 aromatic carbocycles. The number of benzene rings is 1. The fraction of sp³-hybridized carbons (Fsp3) is 0.500. The lowest BCUT2D eigenvalue weighted by molar-refractivity contribution is -0.121. The van der Waals surface area contributed by atoms with Crippen LogP contribution in [0.25, 0.3) is 0 Å². The van der Waals surface area contributed by atoms with Crippen molar-refractivity contribution in [3.63, 3.8) is 0 Å². The maximum atomic E-state index is 11.7. The highest BCUT2D eigenvalue weighted by Gasteiger charge is 2.28. The normalized spacial score (nSPS) is 11.4. The van der Waals surface area contributed by atoms with Gasteiger partial charge >= 0.3 is 0 Å². The molecular formula is C14H20O2. The fourth-order valence-corrected chi connectivity index (χ4v) is 1.88. The molecule has 1 rings (SSSR count). The predicted octanol–water partition coefficient (Wildman–Crippen LogP) is 3.18. The summed E-state index contributed by atoms with van der Waals surface area (Å²) in [5.41, 5.74) is 2.90. The van der Waals surface area contributed by atoms with Gasteiger partial charge in [-0.15, -0.1) is 0 Å². The van der Waals surface area contributed by atoms with Gasteiger partial charge in [0.05, 0.1) is 7.11 Å². The Hall–Kier alpha value is -1.31. The third-order valence-electron chi connectivity index (χ3n) is 3.51. The van der Waals surface area contributed by atoms with Gasteiger partial charge in [0.15, 0.2) is 0 Å². The van der Waals surface area contributed by atoms with Crippen LogP contribution in [0.1, 0.15) is 37.5 Å². The van der Waals surface area contributed by atoms with Gasteiger partial charge in [-0.3, -0.25) is 4.79 Å². The van der Waals surface area contributed by atoms with Crippen molar-refractivity contribution in [3.05, 3.63) is 28.8 Å². The summed E-state index contributed by atoms with van der Waals surface area (Å²) in [6.45, 7) is 9.62. The van der Waals surface area contributed by atoms with Crippen molar-refractivity contribution in [2.75, 3.05) is 7.11 Å². The average Bonchev–Trinajstić information content (AvgIpc) is 2.21. The summed E-state index contributed by atoms with van der Waals surface area (Å²) in [5, 5.41) is 0. The number of ether oxygens (including phenoxy) is 1. The Morgan fingerprint density at radius 2 is 1.75 bits per heavy atom. The van der Waals surface area contributed by atoms with Gasteiger partial charge in [-0.1, -0.05) is 6.07 Å². The number of rotatable bonds is 3. The molecule has 2 nitrogen and oxygen atoms in total. The van der Waals surface area contributed by atoms with Crippen LogP contribution in [0.2, 0.25) is 0 Å². The summed E-state index contributed by atoms with van der Waals surface area (Å²) >= 11 is 0. The molecule has 2 heteroatoms. The minimum absolute atomic E-state index is 0.181. The molecule has 0 fully saturated rings. The molecule has 1 aromatic rings. The van der Waals surface area contributed by atoms with Gasteiger partial charge < -0.3 is 4.74 Å². The van der Waals surface area contributed by atoms with Crippen LogP contribution in [0.15, 0.2) is 12.1 Å². The van der Waals surface area contributed by atoms with E-state index in [1.165, 1.54) is 0 Å². The lowest BCUT2D eigenvalue weighted by Crippen LogP contribution is -2.27. The number of hydrogen-bond acceptors (Lipinski definition) is 2. The number of ketones is 1. The van der Waals surface area contributed by atoms with E-state index in [-0.39, 0.29) is 5.78 Å². The van der Waals surface area contributed by atoms with Gasteiger partial charge in [0, 0.05) is 5.41 Å². The molecule has 0 unspecified atom stereocenters. The summed E-state index contributed by atoms with van der Waals surface area (Å²) in [5.74, 6) is 1.06. The topological polar surface area (TPSA) is 26.3 Å². The molecule has 0 amide bonds. The zero-order valence-electron chi connectivity index (χ0n) is 11.0. The van der Waals surface area contributed by atoms with Gasteiger partial charge in [0.2, 0.25) is 0 Å². The summed E-state index contributed by atoms with van der Waals surface area (Å²) in [6, 6.07) is 3.92. The Bertz CT molecular complexity index is 417. The second kappa shape index (κ2) is 4.28. The second-order valence-corrected chi connectivity index (χ2v) is 4.75. The van der Waals surface area contributed by atoms with Gasteiger partial charge in [-0.2, -0.15) is 0 Å². The van der Waals surface area contributed by atoms with Gasteiger partial charge in [-0.25, -0.2) is 0 Å². The van der Waals surface area contributed by atoms with Crippen molar-refractivity contribution >= 4 is 5.78 Å². The highest BCUT2D eigenvalue weighted by molar-refractivity contribution is 5.87. The Kier molecular flexibility index (Phi) is 3.41.